The fourth-order valence-electron chi connectivity index (χ4n) is 7.82. The second-order valence-electron chi connectivity index (χ2n) is 13.3. The predicted octanol–water partition coefficient (Wildman–Crippen LogP) is 14.2. The van der Waals surface area contributed by atoms with E-state index in [1.54, 1.807) is 0 Å². The zero-order chi connectivity index (χ0) is 34.2. The van der Waals surface area contributed by atoms with E-state index in [1.807, 2.05) is 36.4 Å². The normalized spacial score (nSPS) is 11.8. The second kappa shape index (κ2) is 11.2. The summed E-state index contributed by atoms with van der Waals surface area (Å²) in [5.41, 5.74) is 12.8. The van der Waals surface area contributed by atoms with Crippen molar-refractivity contribution in [3.05, 3.63) is 176 Å². The molecule has 52 heavy (non-hydrogen) atoms. The van der Waals surface area contributed by atoms with Gasteiger partial charge in [0.05, 0.1) is 5.39 Å². The number of fused-ring (bicyclic) bond motifs is 10. The van der Waals surface area contributed by atoms with Gasteiger partial charge in [-0.05, 0) is 83.4 Å². The standard InChI is InChI=1S/C48H29NO3/c1-2-9-30(10-3-1)31-17-21-33(22-18-31)49(35-25-27-44-41(29-35)37-11-4-6-15-42(37)50-44)34-23-19-32(20-24-34)36-13-8-14-38-39-26-28-45-46(48(39)52-47(36)38)40-12-5-7-16-43(40)51-45/h1-29H. The quantitative estimate of drug-likeness (QED) is 0.183. The van der Waals surface area contributed by atoms with Gasteiger partial charge < -0.3 is 18.2 Å². The Morgan fingerprint density at radius 1 is 0.308 bits per heavy atom. The van der Waals surface area contributed by atoms with Crippen LogP contribution in [0.15, 0.2) is 189 Å². The smallest absolute Gasteiger partial charge is 0.147 e. The first-order valence-electron chi connectivity index (χ1n) is 17.5. The minimum atomic E-state index is 0.831. The van der Waals surface area contributed by atoms with E-state index in [0.717, 1.165) is 94.0 Å². The highest BCUT2D eigenvalue weighted by Gasteiger charge is 2.20. The summed E-state index contributed by atoms with van der Waals surface area (Å²) in [7, 11) is 0. The molecule has 0 aliphatic rings. The van der Waals surface area contributed by atoms with Crippen LogP contribution in [0.5, 0.6) is 0 Å². The van der Waals surface area contributed by atoms with Crippen LogP contribution in [-0.4, -0.2) is 0 Å². The topological polar surface area (TPSA) is 42.7 Å². The van der Waals surface area contributed by atoms with Gasteiger partial charge in [0.25, 0.3) is 0 Å². The number of rotatable bonds is 5. The van der Waals surface area contributed by atoms with Crippen molar-refractivity contribution in [2.24, 2.45) is 0 Å². The summed E-state index contributed by atoms with van der Waals surface area (Å²) in [5.74, 6) is 0. The monoisotopic (exact) mass is 667 g/mol. The average molecular weight is 668 g/mol. The maximum absolute atomic E-state index is 6.77. The van der Waals surface area contributed by atoms with Crippen LogP contribution < -0.4 is 4.90 Å². The molecule has 3 heterocycles. The van der Waals surface area contributed by atoms with E-state index in [4.69, 9.17) is 13.3 Å². The molecule has 0 saturated heterocycles. The summed E-state index contributed by atoms with van der Waals surface area (Å²) in [6.07, 6.45) is 0. The summed E-state index contributed by atoms with van der Waals surface area (Å²) >= 11 is 0. The van der Waals surface area contributed by atoms with Crippen molar-refractivity contribution in [1.29, 1.82) is 0 Å². The molecule has 0 saturated carbocycles. The molecule has 4 heteroatoms. The molecule has 0 N–H and O–H groups in total. The summed E-state index contributed by atoms with van der Waals surface area (Å²) < 4.78 is 19.1. The third kappa shape index (κ3) is 4.41. The van der Waals surface area contributed by atoms with Gasteiger partial charge >= 0.3 is 0 Å². The van der Waals surface area contributed by atoms with E-state index < -0.39 is 0 Å². The SMILES string of the molecule is c1ccc(-c2ccc(N(c3ccc(-c4cccc5c4oc4c5ccc5oc6ccccc6c54)cc3)c3ccc4oc5ccccc5c4c3)cc2)cc1. The lowest BCUT2D eigenvalue weighted by Gasteiger charge is -2.26. The van der Waals surface area contributed by atoms with Gasteiger partial charge in [0.1, 0.15) is 33.5 Å². The molecule has 0 bridgehead atoms. The van der Waals surface area contributed by atoms with Gasteiger partial charge in [-0.25, -0.2) is 0 Å². The van der Waals surface area contributed by atoms with Crippen molar-refractivity contribution in [3.63, 3.8) is 0 Å². The van der Waals surface area contributed by atoms with Crippen molar-refractivity contribution < 1.29 is 13.3 Å². The number of nitrogens with zero attached hydrogens (tertiary/aromatic N) is 1. The van der Waals surface area contributed by atoms with Gasteiger partial charge in [0.15, 0.2) is 0 Å². The van der Waals surface area contributed by atoms with E-state index in [0.29, 0.717) is 0 Å². The van der Waals surface area contributed by atoms with Crippen LogP contribution in [0, 0.1) is 0 Å². The van der Waals surface area contributed by atoms with Crippen molar-refractivity contribution in [3.8, 4) is 22.3 Å². The minimum absolute atomic E-state index is 0.831. The van der Waals surface area contributed by atoms with Gasteiger partial charge in [0.2, 0.25) is 0 Å². The maximum atomic E-state index is 6.77. The van der Waals surface area contributed by atoms with Crippen LogP contribution in [0.4, 0.5) is 17.1 Å². The molecule has 11 rings (SSSR count). The van der Waals surface area contributed by atoms with Gasteiger partial charge in [-0.3, -0.25) is 0 Å². The number of furan rings is 3. The zero-order valence-corrected chi connectivity index (χ0v) is 27.9. The fourth-order valence-corrected chi connectivity index (χ4v) is 7.82. The van der Waals surface area contributed by atoms with E-state index in [9.17, 15) is 0 Å². The first-order chi connectivity index (χ1) is 25.8. The molecule has 0 radical (unpaired) electrons. The molecule has 0 unspecified atom stereocenters. The van der Waals surface area contributed by atoms with Crippen LogP contribution in [0.3, 0.4) is 0 Å². The van der Waals surface area contributed by atoms with Gasteiger partial charge in [0, 0.05) is 49.6 Å². The fraction of sp³-hybridized carbons (Fsp3) is 0. The molecule has 0 fully saturated rings. The first kappa shape index (κ1) is 28.8. The van der Waals surface area contributed by atoms with Crippen LogP contribution in [0.25, 0.3) is 88.1 Å². The Morgan fingerprint density at radius 3 is 1.65 bits per heavy atom. The molecular weight excluding hydrogens is 639 g/mol. The molecule has 0 spiro atoms. The van der Waals surface area contributed by atoms with Crippen LogP contribution in [0.2, 0.25) is 0 Å². The highest BCUT2D eigenvalue weighted by molar-refractivity contribution is 6.23. The summed E-state index contributed by atoms with van der Waals surface area (Å²) in [6.45, 7) is 0. The lowest BCUT2D eigenvalue weighted by Crippen LogP contribution is -2.09. The molecule has 3 aromatic heterocycles. The number of hydrogen-bond donors (Lipinski definition) is 0. The number of para-hydroxylation sites is 3. The van der Waals surface area contributed by atoms with E-state index >= 15 is 0 Å². The van der Waals surface area contributed by atoms with Crippen molar-refractivity contribution in [2.75, 3.05) is 4.90 Å². The Morgan fingerprint density at radius 2 is 0.865 bits per heavy atom. The summed E-state index contributed by atoms with van der Waals surface area (Å²) in [5, 5.41) is 6.44. The predicted molar refractivity (Wildman–Crippen MR) is 214 cm³/mol. The highest BCUT2D eigenvalue weighted by Crippen LogP contribution is 2.43. The first-order valence-corrected chi connectivity index (χ1v) is 17.5. The van der Waals surface area contributed by atoms with E-state index in [2.05, 4.69) is 144 Å². The molecule has 244 valence electrons. The van der Waals surface area contributed by atoms with Crippen LogP contribution >= 0.6 is 0 Å². The third-order valence-electron chi connectivity index (χ3n) is 10.3. The zero-order valence-electron chi connectivity index (χ0n) is 27.9. The van der Waals surface area contributed by atoms with Crippen LogP contribution in [0.1, 0.15) is 0 Å². The molecule has 0 aliphatic heterocycles. The third-order valence-corrected chi connectivity index (χ3v) is 10.3. The molecule has 0 amide bonds. The maximum Gasteiger partial charge on any atom is 0.147 e. The van der Waals surface area contributed by atoms with E-state index in [1.165, 1.54) is 11.1 Å². The summed E-state index contributed by atoms with van der Waals surface area (Å²) in [4.78, 5) is 2.31. The minimum Gasteiger partial charge on any atom is -0.456 e. The van der Waals surface area contributed by atoms with Crippen molar-refractivity contribution >= 4 is 82.9 Å². The van der Waals surface area contributed by atoms with E-state index in [-0.39, 0.29) is 0 Å². The lowest BCUT2D eigenvalue weighted by molar-refractivity contribution is 0.663. The number of benzene rings is 8. The second-order valence-corrected chi connectivity index (χ2v) is 13.3. The molecule has 4 nitrogen and oxygen atoms in total. The largest absolute Gasteiger partial charge is 0.456 e. The summed E-state index contributed by atoms with van der Waals surface area (Å²) in [6, 6.07) is 61.4. The van der Waals surface area contributed by atoms with Crippen molar-refractivity contribution in [2.45, 2.75) is 0 Å². The molecule has 8 aromatic carbocycles. The Labute approximate surface area is 298 Å². The molecule has 0 atom stereocenters. The lowest BCUT2D eigenvalue weighted by atomic mass is 10.0. The molecule has 11 aromatic rings. The Hall–Kier alpha value is -7.04. The van der Waals surface area contributed by atoms with Crippen molar-refractivity contribution in [1.82, 2.24) is 0 Å². The average Bonchev–Trinajstić information content (AvgIpc) is 3.90. The Balaban J connectivity index is 1.04. The Bertz CT molecular complexity index is 3110. The Kier molecular flexibility index (Phi) is 6.22. The van der Waals surface area contributed by atoms with Gasteiger partial charge in [-0.15, -0.1) is 0 Å². The molecular formula is C48H29NO3. The molecule has 0 aliphatic carbocycles. The van der Waals surface area contributed by atoms with Crippen LogP contribution in [-0.2, 0) is 0 Å². The van der Waals surface area contributed by atoms with Gasteiger partial charge in [-0.1, -0.05) is 109 Å². The highest BCUT2D eigenvalue weighted by atomic mass is 16.3. The van der Waals surface area contributed by atoms with Gasteiger partial charge in [-0.2, -0.15) is 0 Å². The number of anilines is 3. The number of hydrogen-bond acceptors (Lipinski definition) is 4.